The fourth-order valence-corrected chi connectivity index (χ4v) is 4.25. The van der Waals surface area contributed by atoms with Crippen LogP contribution in [-0.2, 0) is 0 Å². The molecule has 4 heteroatoms. The van der Waals surface area contributed by atoms with Crippen molar-refractivity contribution in [3.63, 3.8) is 0 Å². The Labute approximate surface area is 99.6 Å². The van der Waals surface area contributed by atoms with E-state index in [1.165, 1.54) is 35.5 Å². The summed E-state index contributed by atoms with van der Waals surface area (Å²) in [5, 5.41) is 2.88. The van der Waals surface area contributed by atoms with E-state index >= 15 is 0 Å². The third-order valence-corrected chi connectivity index (χ3v) is 5.22. The van der Waals surface area contributed by atoms with Crippen molar-refractivity contribution in [2.45, 2.75) is 37.5 Å². The van der Waals surface area contributed by atoms with Gasteiger partial charge in [-0.25, -0.2) is 0 Å². The SMILES string of the molecule is Cc1cc(C(NN)C2CCCCS2)cs1. The number of aryl methyl sites for hydroxylation is 1. The first-order valence-electron chi connectivity index (χ1n) is 5.44. The van der Waals surface area contributed by atoms with Gasteiger partial charge in [0.2, 0.25) is 0 Å². The van der Waals surface area contributed by atoms with Crippen LogP contribution in [0.1, 0.15) is 35.7 Å². The number of hydrazine groups is 1. The van der Waals surface area contributed by atoms with Crippen molar-refractivity contribution in [3.05, 3.63) is 21.9 Å². The van der Waals surface area contributed by atoms with E-state index in [1.54, 1.807) is 0 Å². The summed E-state index contributed by atoms with van der Waals surface area (Å²) in [6.07, 6.45) is 3.99. The second-order valence-electron chi connectivity index (χ2n) is 4.04. The topological polar surface area (TPSA) is 38.0 Å². The molecule has 0 amide bonds. The third-order valence-electron chi connectivity index (χ3n) is 2.88. The fourth-order valence-electron chi connectivity index (χ4n) is 2.07. The van der Waals surface area contributed by atoms with Gasteiger partial charge in [-0.3, -0.25) is 11.3 Å². The summed E-state index contributed by atoms with van der Waals surface area (Å²) >= 11 is 3.87. The number of hydrogen-bond acceptors (Lipinski definition) is 4. The minimum Gasteiger partial charge on any atom is -0.271 e. The Hall–Kier alpha value is -0.0300. The smallest absolute Gasteiger partial charge is 0.0586 e. The molecule has 0 aliphatic carbocycles. The molecule has 0 spiro atoms. The van der Waals surface area contributed by atoms with Crippen molar-refractivity contribution in [2.24, 2.45) is 5.84 Å². The Morgan fingerprint density at radius 2 is 2.40 bits per heavy atom. The summed E-state index contributed by atoms with van der Waals surface area (Å²) in [6, 6.07) is 2.59. The standard InChI is InChI=1S/C11H18N2S2/c1-8-6-9(7-15-8)11(13-12)10-4-2-3-5-14-10/h6-7,10-11,13H,2-5,12H2,1H3. The van der Waals surface area contributed by atoms with Crippen molar-refractivity contribution >= 4 is 23.1 Å². The van der Waals surface area contributed by atoms with E-state index in [0.29, 0.717) is 11.3 Å². The summed E-state index contributed by atoms with van der Waals surface area (Å²) in [5.41, 5.74) is 4.35. The molecule has 0 aromatic carbocycles. The molecular weight excluding hydrogens is 224 g/mol. The molecule has 0 saturated carbocycles. The molecule has 2 nitrogen and oxygen atoms in total. The van der Waals surface area contributed by atoms with E-state index in [9.17, 15) is 0 Å². The number of thiophene rings is 1. The highest BCUT2D eigenvalue weighted by atomic mass is 32.2. The summed E-state index contributed by atoms with van der Waals surface area (Å²) in [5.74, 6) is 6.97. The Kier molecular flexibility index (Phi) is 4.08. The first-order valence-corrected chi connectivity index (χ1v) is 7.37. The van der Waals surface area contributed by atoms with Gasteiger partial charge < -0.3 is 0 Å². The third kappa shape index (κ3) is 2.75. The molecule has 1 aliphatic rings. The van der Waals surface area contributed by atoms with Gasteiger partial charge in [0.15, 0.2) is 0 Å². The lowest BCUT2D eigenvalue weighted by Gasteiger charge is -2.28. The van der Waals surface area contributed by atoms with Crippen molar-refractivity contribution in [1.29, 1.82) is 0 Å². The molecule has 1 fully saturated rings. The van der Waals surface area contributed by atoms with Crippen molar-refractivity contribution in [1.82, 2.24) is 5.43 Å². The van der Waals surface area contributed by atoms with Crippen LogP contribution in [-0.4, -0.2) is 11.0 Å². The second kappa shape index (κ2) is 5.34. The number of thioether (sulfide) groups is 1. The van der Waals surface area contributed by atoms with Gasteiger partial charge in [-0.2, -0.15) is 11.8 Å². The van der Waals surface area contributed by atoms with Crippen molar-refractivity contribution in [3.8, 4) is 0 Å². The number of nitrogens with two attached hydrogens (primary N) is 1. The van der Waals surface area contributed by atoms with Gasteiger partial charge in [-0.15, -0.1) is 11.3 Å². The molecular formula is C11H18N2S2. The molecule has 15 heavy (non-hydrogen) atoms. The molecule has 1 aromatic rings. The molecule has 2 heterocycles. The van der Waals surface area contributed by atoms with Gasteiger partial charge in [0.05, 0.1) is 6.04 Å². The molecule has 1 aromatic heterocycles. The van der Waals surface area contributed by atoms with Gasteiger partial charge in [0.25, 0.3) is 0 Å². The molecule has 0 bridgehead atoms. The van der Waals surface area contributed by atoms with Gasteiger partial charge in [0, 0.05) is 10.1 Å². The van der Waals surface area contributed by atoms with Gasteiger partial charge in [-0.05, 0) is 42.5 Å². The zero-order valence-corrected chi connectivity index (χ0v) is 10.7. The van der Waals surface area contributed by atoms with Crippen LogP contribution in [0.4, 0.5) is 0 Å². The van der Waals surface area contributed by atoms with E-state index in [1.807, 2.05) is 11.3 Å². The van der Waals surface area contributed by atoms with E-state index in [2.05, 4.69) is 35.6 Å². The zero-order valence-electron chi connectivity index (χ0n) is 9.03. The number of hydrogen-bond donors (Lipinski definition) is 2. The van der Waals surface area contributed by atoms with E-state index in [4.69, 9.17) is 5.84 Å². The Bertz CT molecular complexity index is 305. The van der Waals surface area contributed by atoms with E-state index < -0.39 is 0 Å². The van der Waals surface area contributed by atoms with Crippen LogP contribution < -0.4 is 11.3 Å². The predicted molar refractivity (Wildman–Crippen MR) is 69.2 cm³/mol. The van der Waals surface area contributed by atoms with Crippen LogP contribution in [0.2, 0.25) is 0 Å². The van der Waals surface area contributed by atoms with Crippen LogP contribution in [0.15, 0.2) is 11.4 Å². The van der Waals surface area contributed by atoms with Gasteiger partial charge in [-0.1, -0.05) is 6.42 Å². The van der Waals surface area contributed by atoms with Crippen molar-refractivity contribution in [2.75, 3.05) is 5.75 Å². The first-order chi connectivity index (χ1) is 7.31. The highest BCUT2D eigenvalue weighted by Gasteiger charge is 2.25. The minimum atomic E-state index is 0.334. The average Bonchev–Trinajstić information content (AvgIpc) is 2.68. The maximum absolute atomic E-state index is 5.69. The zero-order chi connectivity index (χ0) is 10.7. The molecule has 0 radical (unpaired) electrons. The number of nitrogens with one attached hydrogen (secondary N) is 1. The highest BCUT2D eigenvalue weighted by molar-refractivity contribution is 8.00. The molecule has 3 N–H and O–H groups in total. The van der Waals surface area contributed by atoms with Crippen LogP contribution in [0.3, 0.4) is 0 Å². The predicted octanol–water partition coefficient (Wildman–Crippen LogP) is 2.85. The van der Waals surface area contributed by atoms with Crippen LogP contribution in [0, 0.1) is 6.92 Å². The second-order valence-corrected chi connectivity index (χ2v) is 6.50. The molecule has 1 saturated heterocycles. The van der Waals surface area contributed by atoms with E-state index in [0.717, 1.165) is 0 Å². The average molecular weight is 242 g/mol. The highest BCUT2D eigenvalue weighted by Crippen LogP contribution is 2.35. The number of rotatable bonds is 3. The Balaban J connectivity index is 2.08. The summed E-state index contributed by atoms with van der Waals surface area (Å²) in [6.45, 7) is 2.15. The summed E-state index contributed by atoms with van der Waals surface area (Å²) in [4.78, 5) is 1.37. The lowest BCUT2D eigenvalue weighted by Crippen LogP contribution is -2.36. The van der Waals surface area contributed by atoms with Crippen LogP contribution >= 0.6 is 23.1 Å². The summed E-state index contributed by atoms with van der Waals surface area (Å²) < 4.78 is 0. The monoisotopic (exact) mass is 242 g/mol. The normalized spacial score (nSPS) is 24.0. The maximum atomic E-state index is 5.69. The molecule has 2 unspecified atom stereocenters. The first kappa shape index (κ1) is 11.5. The molecule has 84 valence electrons. The molecule has 1 aliphatic heterocycles. The quantitative estimate of drug-likeness (QED) is 0.632. The Morgan fingerprint density at radius 3 is 2.93 bits per heavy atom. The molecule has 2 rings (SSSR count). The Morgan fingerprint density at radius 1 is 1.53 bits per heavy atom. The van der Waals surface area contributed by atoms with E-state index in [-0.39, 0.29) is 0 Å². The van der Waals surface area contributed by atoms with Crippen LogP contribution in [0.5, 0.6) is 0 Å². The van der Waals surface area contributed by atoms with Gasteiger partial charge >= 0.3 is 0 Å². The minimum absolute atomic E-state index is 0.334. The lowest BCUT2D eigenvalue weighted by molar-refractivity contribution is 0.493. The van der Waals surface area contributed by atoms with Crippen LogP contribution in [0.25, 0.3) is 0 Å². The van der Waals surface area contributed by atoms with Gasteiger partial charge in [0.1, 0.15) is 0 Å². The fraction of sp³-hybridized carbons (Fsp3) is 0.636. The lowest BCUT2D eigenvalue weighted by atomic mass is 10.0. The maximum Gasteiger partial charge on any atom is 0.0586 e. The summed E-state index contributed by atoms with van der Waals surface area (Å²) in [7, 11) is 0. The molecule has 2 atom stereocenters. The van der Waals surface area contributed by atoms with Crippen molar-refractivity contribution < 1.29 is 0 Å². The largest absolute Gasteiger partial charge is 0.271 e.